The zero-order chi connectivity index (χ0) is 16.4. The van der Waals surface area contributed by atoms with Gasteiger partial charge in [-0.15, -0.1) is 0 Å². The summed E-state index contributed by atoms with van der Waals surface area (Å²) in [5.74, 6) is 0. The van der Waals surface area contributed by atoms with E-state index in [9.17, 15) is 0 Å². The first-order valence-electron chi connectivity index (χ1n) is 7.64. The molecule has 0 N–H and O–H groups in total. The van der Waals surface area contributed by atoms with Gasteiger partial charge >= 0.3 is 0 Å². The molecule has 1 aromatic heterocycles. The highest BCUT2D eigenvalue weighted by atomic mass is 35.5. The molecule has 0 bridgehead atoms. The van der Waals surface area contributed by atoms with Crippen molar-refractivity contribution in [1.82, 2.24) is 9.78 Å². The molecule has 1 aromatic carbocycles. The number of morpholine rings is 1. The van der Waals surface area contributed by atoms with Crippen molar-refractivity contribution < 1.29 is 4.74 Å². The van der Waals surface area contributed by atoms with Crippen molar-refractivity contribution in [2.45, 2.75) is 26.5 Å². The Kier molecular flexibility index (Phi) is 4.56. The van der Waals surface area contributed by atoms with E-state index in [0.29, 0.717) is 17.2 Å². The summed E-state index contributed by atoms with van der Waals surface area (Å²) in [7, 11) is 0. The van der Waals surface area contributed by atoms with Crippen molar-refractivity contribution in [2.24, 2.45) is 0 Å². The second kappa shape index (κ2) is 6.61. The molecule has 23 heavy (non-hydrogen) atoms. The lowest BCUT2D eigenvalue weighted by Crippen LogP contribution is -2.44. The Morgan fingerprint density at radius 2 is 2.22 bits per heavy atom. The van der Waals surface area contributed by atoms with E-state index in [1.165, 1.54) is 0 Å². The van der Waals surface area contributed by atoms with Gasteiger partial charge in [0.1, 0.15) is 6.07 Å². The summed E-state index contributed by atoms with van der Waals surface area (Å²) < 4.78 is 7.88. The summed E-state index contributed by atoms with van der Waals surface area (Å²) in [6, 6.07) is 9.72. The van der Waals surface area contributed by atoms with Crippen molar-refractivity contribution in [3.8, 4) is 6.07 Å². The van der Waals surface area contributed by atoms with Crippen molar-refractivity contribution in [3.05, 3.63) is 46.2 Å². The molecule has 1 saturated heterocycles. The molecule has 1 aliphatic heterocycles. The van der Waals surface area contributed by atoms with Gasteiger partial charge < -0.3 is 9.64 Å². The average Bonchev–Trinajstić information content (AvgIpc) is 2.85. The van der Waals surface area contributed by atoms with Crippen LogP contribution >= 0.6 is 11.6 Å². The van der Waals surface area contributed by atoms with Crippen LogP contribution in [0, 0.1) is 25.2 Å². The van der Waals surface area contributed by atoms with Crippen LogP contribution < -0.4 is 4.90 Å². The van der Waals surface area contributed by atoms with Crippen LogP contribution in [0.2, 0.25) is 5.02 Å². The fraction of sp³-hybridized carbons (Fsp3) is 0.412. The molecule has 2 aromatic rings. The van der Waals surface area contributed by atoms with E-state index >= 15 is 0 Å². The Labute approximate surface area is 141 Å². The van der Waals surface area contributed by atoms with Crippen LogP contribution in [-0.4, -0.2) is 35.6 Å². The Bertz CT molecular complexity index is 750. The van der Waals surface area contributed by atoms with Gasteiger partial charge in [-0.3, -0.25) is 4.68 Å². The number of rotatable bonds is 3. The van der Waals surface area contributed by atoms with E-state index in [0.717, 1.165) is 36.7 Å². The molecule has 1 unspecified atom stereocenters. The van der Waals surface area contributed by atoms with Crippen molar-refractivity contribution in [2.75, 3.05) is 24.6 Å². The second-order valence-electron chi connectivity index (χ2n) is 5.82. The van der Waals surface area contributed by atoms with Crippen LogP contribution in [0.4, 0.5) is 5.69 Å². The molecule has 3 rings (SSSR count). The molecule has 0 saturated carbocycles. The molecule has 2 heterocycles. The summed E-state index contributed by atoms with van der Waals surface area (Å²) in [4.78, 5) is 2.24. The van der Waals surface area contributed by atoms with Crippen LogP contribution in [0.3, 0.4) is 0 Å². The number of hydrogen-bond acceptors (Lipinski definition) is 4. The van der Waals surface area contributed by atoms with Gasteiger partial charge in [-0.1, -0.05) is 11.6 Å². The maximum Gasteiger partial charge on any atom is 0.101 e. The van der Waals surface area contributed by atoms with Gasteiger partial charge in [0.2, 0.25) is 0 Å². The molecule has 0 radical (unpaired) electrons. The molecule has 120 valence electrons. The second-order valence-corrected chi connectivity index (χ2v) is 6.23. The zero-order valence-corrected chi connectivity index (χ0v) is 14.0. The van der Waals surface area contributed by atoms with E-state index < -0.39 is 0 Å². The fourth-order valence-corrected chi connectivity index (χ4v) is 3.13. The number of hydrogen-bond donors (Lipinski definition) is 0. The Balaban J connectivity index is 1.72. The van der Waals surface area contributed by atoms with E-state index in [1.54, 1.807) is 6.07 Å². The highest BCUT2D eigenvalue weighted by Crippen LogP contribution is 2.25. The lowest BCUT2D eigenvalue weighted by atomic mass is 10.2. The molecule has 1 fully saturated rings. The van der Waals surface area contributed by atoms with Gasteiger partial charge in [0, 0.05) is 24.5 Å². The predicted molar refractivity (Wildman–Crippen MR) is 89.8 cm³/mol. The minimum atomic E-state index is 0.0798. The summed E-state index contributed by atoms with van der Waals surface area (Å²) in [5, 5.41) is 14.0. The number of aromatic nitrogens is 2. The first-order valence-corrected chi connectivity index (χ1v) is 8.02. The molecule has 0 spiro atoms. The third-order valence-corrected chi connectivity index (χ3v) is 4.37. The summed E-state index contributed by atoms with van der Waals surface area (Å²) in [5.41, 5.74) is 3.69. The Morgan fingerprint density at radius 1 is 1.39 bits per heavy atom. The largest absolute Gasteiger partial charge is 0.373 e. The molecule has 0 amide bonds. The third-order valence-electron chi connectivity index (χ3n) is 4.06. The number of benzene rings is 1. The van der Waals surface area contributed by atoms with Crippen LogP contribution in [0.25, 0.3) is 0 Å². The highest BCUT2D eigenvalue weighted by molar-refractivity contribution is 6.32. The number of nitriles is 1. The van der Waals surface area contributed by atoms with E-state index in [1.807, 2.05) is 23.7 Å². The normalized spacial score (nSPS) is 18.0. The lowest BCUT2D eigenvalue weighted by Gasteiger charge is -2.34. The van der Waals surface area contributed by atoms with Gasteiger partial charge in [-0.2, -0.15) is 10.4 Å². The van der Waals surface area contributed by atoms with Crippen LogP contribution in [-0.2, 0) is 11.3 Å². The van der Waals surface area contributed by atoms with E-state index in [4.69, 9.17) is 21.6 Å². The average molecular weight is 331 g/mol. The monoisotopic (exact) mass is 330 g/mol. The van der Waals surface area contributed by atoms with Crippen molar-refractivity contribution in [3.63, 3.8) is 0 Å². The molecule has 5 nitrogen and oxygen atoms in total. The van der Waals surface area contributed by atoms with Gasteiger partial charge in [0.15, 0.2) is 0 Å². The minimum Gasteiger partial charge on any atom is -0.373 e. The van der Waals surface area contributed by atoms with E-state index in [2.05, 4.69) is 29.1 Å². The lowest BCUT2D eigenvalue weighted by molar-refractivity contribution is 0.0270. The number of anilines is 1. The topological polar surface area (TPSA) is 54.1 Å². The molecule has 6 heteroatoms. The van der Waals surface area contributed by atoms with Gasteiger partial charge in [0.25, 0.3) is 0 Å². The maximum atomic E-state index is 8.98. The Hall–Kier alpha value is -2.03. The molecule has 0 aliphatic carbocycles. The first kappa shape index (κ1) is 15.9. The van der Waals surface area contributed by atoms with Gasteiger partial charge in [0.05, 0.1) is 35.5 Å². The van der Waals surface area contributed by atoms with Gasteiger partial charge in [-0.25, -0.2) is 0 Å². The number of aryl methyl sites for hydroxylation is 2. The summed E-state index contributed by atoms with van der Waals surface area (Å²) in [6.07, 6.45) is 0.0798. The van der Waals surface area contributed by atoms with E-state index in [-0.39, 0.29) is 6.10 Å². The Morgan fingerprint density at radius 3 is 2.87 bits per heavy atom. The fourth-order valence-electron chi connectivity index (χ4n) is 2.91. The minimum absolute atomic E-state index is 0.0798. The SMILES string of the molecule is Cc1cc(C)n(CC2CN(c3ccc(C#N)c(Cl)c3)CCO2)n1. The highest BCUT2D eigenvalue weighted by Gasteiger charge is 2.22. The maximum absolute atomic E-state index is 8.98. The number of ether oxygens (including phenoxy) is 1. The van der Waals surface area contributed by atoms with Crippen LogP contribution in [0.5, 0.6) is 0 Å². The molecule has 1 atom stereocenters. The number of halogens is 1. The summed E-state index contributed by atoms with van der Waals surface area (Å²) >= 11 is 6.14. The standard InChI is InChI=1S/C17H19ClN4O/c1-12-7-13(2)22(20-12)11-16-10-21(5-6-23-16)15-4-3-14(9-19)17(18)8-15/h3-4,7-8,16H,5-6,10-11H2,1-2H3. The van der Waals surface area contributed by atoms with Crippen molar-refractivity contribution >= 4 is 17.3 Å². The zero-order valence-electron chi connectivity index (χ0n) is 13.3. The predicted octanol–water partition coefficient (Wildman–Crippen LogP) is 2.93. The first-order chi connectivity index (χ1) is 11.1. The van der Waals surface area contributed by atoms with Crippen LogP contribution in [0.15, 0.2) is 24.3 Å². The summed E-state index contributed by atoms with van der Waals surface area (Å²) in [6.45, 7) is 7.05. The number of nitrogens with zero attached hydrogens (tertiary/aromatic N) is 4. The van der Waals surface area contributed by atoms with Crippen molar-refractivity contribution in [1.29, 1.82) is 5.26 Å². The molecular formula is C17H19ClN4O. The smallest absolute Gasteiger partial charge is 0.101 e. The quantitative estimate of drug-likeness (QED) is 0.868. The van der Waals surface area contributed by atoms with Gasteiger partial charge in [-0.05, 0) is 38.1 Å². The van der Waals surface area contributed by atoms with Crippen LogP contribution in [0.1, 0.15) is 17.0 Å². The third kappa shape index (κ3) is 3.49. The molecule has 1 aliphatic rings. The molecular weight excluding hydrogens is 312 g/mol.